The summed E-state index contributed by atoms with van der Waals surface area (Å²) in [5.74, 6) is 0. The Kier molecular flexibility index (Phi) is 4.25. The van der Waals surface area contributed by atoms with Crippen LogP contribution in [0.25, 0.3) is 0 Å². The third kappa shape index (κ3) is 2.57. The highest BCUT2D eigenvalue weighted by atomic mass is 28.3. The van der Waals surface area contributed by atoms with Crippen molar-refractivity contribution in [2.75, 3.05) is 6.61 Å². The summed E-state index contributed by atoms with van der Waals surface area (Å²) in [7, 11) is -0.689. The number of hydrogen-bond donors (Lipinski definition) is 1. The lowest BCUT2D eigenvalue weighted by Gasteiger charge is -2.32. The van der Waals surface area contributed by atoms with Gasteiger partial charge >= 0.3 is 0 Å². The highest BCUT2D eigenvalue weighted by Crippen LogP contribution is 2.17. The number of rotatable bonds is 3. The number of nitrogens with two attached hydrogens (primary N) is 1. The van der Waals surface area contributed by atoms with Crippen molar-refractivity contribution in [1.29, 1.82) is 0 Å². The molecular weight excluding hydrogens is 166 g/mol. The van der Waals surface area contributed by atoms with E-state index in [2.05, 4.69) is 13.5 Å². The summed E-state index contributed by atoms with van der Waals surface area (Å²) in [6.07, 6.45) is 3.62. The van der Waals surface area contributed by atoms with Crippen LogP contribution >= 0.6 is 0 Å². The molecule has 1 fully saturated rings. The van der Waals surface area contributed by atoms with Crippen LogP contribution in [0.5, 0.6) is 0 Å². The molecule has 72 valence electrons. The van der Waals surface area contributed by atoms with E-state index < -0.39 is 8.80 Å². The topological polar surface area (TPSA) is 35.2 Å². The molecule has 2 N–H and O–H groups in total. The zero-order valence-corrected chi connectivity index (χ0v) is 9.41. The predicted molar refractivity (Wildman–Crippen MR) is 55.1 cm³/mol. The van der Waals surface area contributed by atoms with Crippen molar-refractivity contribution in [3.05, 3.63) is 0 Å². The van der Waals surface area contributed by atoms with Crippen LogP contribution in [0.2, 0.25) is 12.6 Å². The Morgan fingerprint density at radius 1 is 1.58 bits per heavy atom. The van der Waals surface area contributed by atoms with E-state index in [0.29, 0.717) is 11.8 Å². The molecule has 0 spiro atoms. The second kappa shape index (κ2) is 4.99. The Balaban J connectivity index is 2.36. The zero-order chi connectivity index (χ0) is 8.97. The molecule has 0 amide bonds. The first kappa shape index (κ1) is 10.2. The van der Waals surface area contributed by atoms with E-state index in [1.54, 1.807) is 0 Å². The molecule has 0 radical (unpaired) electrons. The van der Waals surface area contributed by atoms with Crippen LogP contribution in [-0.4, -0.2) is 27.2 Å². The fraction of sp³-hybridized carbons (Fsp3) is 1.00. The SMILES string of the molecule is CCC[SiH](C)C1OCCCC1N. The summed E-state index contributed by atoms with van der Waals surface area (Å²) < 4.78 is 5.74. The van der Waals surface area contributed by atoms with Gasteiger partial charge in [-0.05, 0) is 12.8 Å². The first-order chi connectivity index (χ1) is 5.75. The Labute approximate surface area is 77.1 Å². The molecule has 0 aliphatic carbocycles. The minimum atomic E-state index is -0.689. The van der Waals surface area contributed by atoms with Crippen LogP contribution < -0.4 is 5.73 Å². The van der Waals surface area contributed by atoms with Gasteiger partial charge in [0.1, 0.15) is 0 Å². The molecule has 2 nitrogen and oxygen atoms in total. The minimum Gasteiger partial charge on any atom is -0.380 e. The Morgan fingerprint density at radius 2 is 2.33 bits per heavy atom. The molecule has 0 aromatic rings. The highest BCUT2D eigenvalue weighted by molar-refractivity contribution is 6.59. The normalized spacial score (nSPS) is 33.2. The van der Waals surface area contributed by atoms with Gasteiger partial charge in [-0.15, -0.1) is 0 Å². The lowest BCUT2D eigenvalue weighted by molar-refractivity contribution is 0.0478. The maximum absolute atomic E-state index is 6.02. The van der Waals surface area contributed by atoms with E-state index in [1.807, 2.05) is 0 Å². The Bertz CT molecular complexity index is 132. The van der Waals surface area contributed by atoms with Gasteiger partial charge < -0.3 is 10.5 Å². The van der Waals surface area contributed by atoms with Gasteiger partial charge in [0.15, 0.2) is 0 Å². The van der Waals surface area contributed by atoms with Crippen molar-refractivity contribution in [2.24, 2.45) is 5.73 Å². The van der Waals surface area contributed by atoms with Gasteiger partial charge in [0, 0.05) is 12.6 Å². The van der Waals surface area contributed by atoms with Crippen LogP contribution in [0, 0.1) is 0 Å². The largest absolute Gasteiger partial charge is 0.380 e. The molecule has 1 aliphatic rings. The summed E-state index contributed by atoms with van der Waals surface area (Å²) in [4.78, 5) is 0. The third-order valence-electron chi connectivity index (χ3n) is 2.72. The van der Waals surface area contributed by atoms with Crippen LogP contribution in [-0.2, 0) is 4.74 Å². The quantitative estimate of drug-likeness (QED) is 0.676. The highest BCUT2D eigenvalue weighted by Gasteiger charge is 2.27. The fourth-order valence-electron chi connectivity index (χ4n) is 2.03. The minimum absolute atomic E-state index is 0.340. The maximum atomic E-state index is 6.02. The molecule has 3 atom stereocenters. The average molecular weight is 187 g/mol. The first-order valence-corrected chi connectivity index (χ1v) is 7.76. The van der Waals surface area contributed by atoms with Gasteiger partial charge in [0.2, 0.25) is 0 Å². The molecule has 1 heterocycles. The summed E-state index contributed by atoms with van der Waals surface area (Å²) in [5.41, 5.74) is 6.48. The van der Waals surface area contributed by atoms with E-state index in [0.717, 1.165) is 13.0 Å². The van der Waals surface area contributed by atoms with E-state index in [4.69, 9.17) is 10.5 Å². The molecule has 3 unspecified atom stereocenters. The van der Waals surface area contributed by atoms with E-state index in [1.165, 1.54) is 18.9 Å². The van der Waals surface area contributed by atoms with Crippen LogP contribution in [0.3, 0.4) is 0 Å². The summed E-state index contributed by atoms with van der Waals surface area (Å²) >= 11 is 0. The summed E-state index contributed by atoms with van der Waals surface area (Å²) in [6.45, 7) is 5.58. The molecule has 0 bridgehead atoms. The lowest BCUT2D eigenvalue weighted by Crippen LogP contribution is -2.48. The van der Waals surface area contributed by atoms with Crippen LogP contribution in [0.4, 0.5) is 0 Å². The van der Waals surface area contributed by atoms with Crippen molar-refractivity contribution < 1.29 is 4.74 Å². The third-order valence-corrected chi connectivity index (χ3v) is 6.02. The number of hydrogen-bond acceptors (Lipinski definition) is 2. The summed E-state index contributed by atoms with van der Waals surface area (Å²) in [6, 6.07) is 1.71. The van der Waals surface area contributed by atoms with Gasteiger partial charge in [-0.2, -0.15) is 0 Å². The second-order valence-corrected chi connectivity index (χ2v) is 7.10. The zero-order valence-electron chi connectivity index (χ0n) is 8.25. The van der Waals surface area contributed by atoms with Crippen molar-refractivity contribution in [1.82, 2.24) is 0 Å². The monoisotopic (exact) mass is 187 g/mol. The van der Waals surface area contributed by atoms with Gasteiger partial charge in [-0.25, -0.2) is 0 Å². The molecular formula is C9H21NOSi. The standard InChI is InChI=1S/C9H21NOSi/c1-3-7-12(2)9-8(10)5-4-6-11-9/h8-9,12H,3-7,10H2,1-2H3. The molecule has 0 aromatic heterocycles. The summed E-state index contributed by atoms with van der Waals surface area (Å²) in [5, 5.41) is 0. The Hall–Kier alpha value is 0.137. The Morgan fingerprint density at radius 3 is 2.92 bits per heavy atom. The van der Waals surface area contributed by atoms with Crippen molar-refractivity contribution >= 4 is 8.80 Å². The van der Waals surface area contributed by atoms with E-state index >= 15 is 0 Å². The van der Waals surface area contributed by atoms with E-state index in [-0.39, 0.29) is 0 Å². The van der Waals surface area contributed by atoms with Gasteiger partial charge in [-0.1, -0.05) is 25.9 Å². The molecule has 3 heteroatoms. The smallest absolute Gasteiger partial charge is 0.0706 e. The van der Waals surface area contributed by atoms with Crippen LogP contribution in [0.1, 0.15) is 26.2 Å². The number of ether oxygens (including phenoxy) is 1. The molecule has 1 saturated heterocycles. The molecule has 0 saturated carbocycles. The molecule has 12 heavy (non-hydrogen) atoms. The molecule has 1 aliphatic heterocycles. The van der Waals surface area contributed by atoms with Crippen molar-refractivity contribution in [3.63, 3.8) is 0 Å². The van der Waals surface area contributed by atoms with E-state index in [9.17, 15) is 0 Å². The van der Waals surface area contributed by atoms with Gasteiger partial charge in [-0.3, -0.25) is 0 Å². The van der Waals surface area contributed by atoms with Gasteiger partial charge in [0.05, 0.1) is 14.5 Å². The van der Waals surface area contributed by atoms with Crippen molar-refractivity contribution in [3.8, 4) is 0 Å². The second-order valence-electron chi connectivity index (χ2n) is 3.91. The average Bonchev–Trinajstić information content (AvgIpc) is 2.05. The lowest BCUT2D eigenvalue weighted by atomic mass is 10.1. The first-order valence-electron chi connectivity index (χ1n) is 5.13. The fourth-order valence-corrected chi connectivity index (χ4v) is 4.77. The van der Waals surface area contributed by atoms with Crippen molar-refractivity contribution in [2.45, 2.75) is 50.5 Å². The molecule has 0 aromatic carbocycles. The maximum Gasteiger partial charge on any atom is 0.0706 e. The molecule has 1 rings (SSSR count). The van der Waals surface area contributed by atoms with Crippen LogP contribution in [0.15, 0.2) is 0 Å². The predicted octanol–water partition coefficient (Wildman–Crippen LogP) is 1.30. The van der Waals surface area contributed by atoms with Gasteiger partial charge in [0.25, 0.3) is 0 Å².